The van der Waals surface area contributed by atoms with Gasteiger partial charge in [0.15, 0.2) is 0 Å². The summed E-state index contributed by atoms with van der Waals surface area (Å²) in [6.45, 7) is 0. The summed E-state index contributed by atoms with van der Waals surface area (Å²) in [6.07, 6.45) is 7.93. The zero-order valence-corrected chi connectivity index (χ0v) is 9.35. The van der Waals surface area contributed by atoms with Crippen molar-refractivity contribution in [2.75, 3.05) is 0 Å². The predicted octanol–water partition coefficient (Wildman–Crippen LogP) is 1.55. The van der Waals surface area contributed by atoms with Crippen molar-refractivity contribution in [1.82, 2.24) is 0 Å². The van der Waals surface area contributed by atoms with Crippen LogP contribution in [0.4, 0.5) is 0 Å². The molecule has 1 heterocycles. The molecule has 1 aliphatic heterocycles. The van der Waals surface area contributed by atoms with E-state index in [4.69, 9.17) is 0 Å². The van der Waals surface area contributed by atoms with Crippen molar-refractivity contribution in [3.05, 3.63) is 48.1 Å². The first-order valence-corrected chi connectivity index (χ1v) is 6.64. The van der Waals surface area contributed by atoms with Gasteiger partial charge in [0.05, 0.1) is 0 Å². The second-order valence-electron chi connectivity index (χ2n) is 3.36. The molecule has 0 amide bonds. The quantitative estimate of drug-likeness (QED) is 0.588. The van der Waals surface area contributed by atoms with Crippen molar-refractivity contribution in [2.45, 2.75) is 6.42 Å². The van der Waals surface area contributed by atoms with Crippen LogP contribution in [0.25, 0.3) is 5.57 Å². The third-order valence-electron chi connectivity index (χ3n) is 2.55. The van der Waals surface area contributed by atoms with Crippen LogP contribution in [-0.4, -0.2) is 19.3 Å². The fraction of sp³-hybridized carbons (Fsp3) is 0.0833. The van der Waals surface area contributed by atoms with E-state index in [2.05, 4.69) is 42.5 Å². The molecule has 1 heteroatoms. The van der Waals surface area contributed by atoms with Crippen molar-refractivity contribution >= 4 is 29.3 Å². The molecule has 0 bridgehead atoms. The zero-order valence-electron chi connectivity index (χ0n) is 7.25. The number of rotatable bonds is 0. The van der Waals surface area contributed by atoms with Crippen LogP contribution in [0.2, 0.25) is 0 Å². The Morgan fingerprint density at radius 1 is 1.15 bits per heavy atom. The molecule has 2 aliphatic rings. The Hall–Kier alpha value is -0.887. The van der Waals surface area contributed by atoms with E-state index in [1.165, 1.54) is 17.6 Å². The number of benzene rings is 1. The van der Waals surface area contributed by atoms with Gasteiger partial charge in [0.1, 0.15) is 0 Å². The molecule has 13 heavy (non-hydrogen) atoms. The first kappa shape index (κ1) is 7.51. The van der Waals surface area contributed by atoms with Gasteiger partial charge in [-0.1, -0.05) is 0 Å². The van der Waals surface area contributed by atoms with E-state index in [1.807, 2.05) is 0 Å². The van der Waals surface area contributed by atoms with Crippen LogP contribution >= 0.6 is 0 Å². The molecule has 0 aromatic heterocycles. The Labute approximate surface area is 84.0 Å². The standard InChI is InChI=1S/C12H9Ge/c1-3-7-11-9(5-1)10-6-2-4-8-12(10)13-11/h1-7H,8H2. The summed E-state index contributed by atoms with van der Waals surface area (Å²) in [7, 11) is 0. The fourth-order valence-electron chi connectivity index (χ4n) is 1.92. The predicted molar refractivity (Wildman–Crippen MR) is 58.6 cm³/mol. The van der Waals surface area contributed by atoms with Crippen molar-refractivity contribution < 1.29 is 0 Å². The fourth-order valence-corrected chi connectivity index (χ4v) is 4.92. The molecule has 0 atom stereocenters. The molecule has 0 unspecified atom stereocenters. The third kappa shape index (κ3) is 1.09. The van der Waals surface area contributed by atoms with Crippen LogP contribution in [0.15, 0.2) is 42.5 Å². The topological polar surface area (TPSA) is 0 Å². The van der Waals surface area contributed by atoms with E-state index in [0.717, 1.165) is 0 Å². The van der Waals surface area contributed by atoms with Gasteiger partial charge in [-0.3, -0.25) is 0 Å². The van der Waals surface area contributed by atoms with Crippen LogP contribution in [0.1, 0.15) is 12.0 Å². The monoisotopic (exact) mass is 227 g/mol. The summed E-state index contributed by atoms with van der Waals surface area (Å²) in [5, 5.41) is 0. The van der Waals surface area contributed by atoms with Crippen molar-refractivity contribution in [3.8, 4) is 0 Å². The van der Waals surface area contributed by atoms with Crippen molar-refractivity contribution in [1.29, 1.82) is 0 Å². The molecule has 1 radical (unpaired) electrons. The summed E-state index contributed by atoms with van der Waals surface area (Å²) >= 11 is 0.0219. The molecule has 3 rings (SSSR count). The molecular weight excluding hydrogens is 217 g/mol. The first-order valence-electron chi connectivity index (χ1n) is 4.54. The maximum atomic E-state index is 2.29. The molecule has 0 saturated carbocycles. The van der Waals surface area contributed by atoms with Crippen LogP contribution in [0.5, 0.6) is 0 Å². The van der Waals surface area contributed by atoms with Gasteiger partial charge in [-0.15, -0.1) is 0 Å². The second-order valence-corrected chi connectivity index (χ2v) is 6.28. The van der Waals surface area contributed by atoms with Crippen LogP contribution in [0.3, 0.4) is 0 Å². The summed E-state index contributed by atoms with van der Waals surface area (Å²) < 4.78 is 3.33. The number of fused-ring (bicyclic) bond motifs is 3. The Balaban J connectivity index is 2.26. The van der Waals surface area contributed by atoms with Crippen molar-refractivity contribution in [2.24, 2.45) is 0 Å². The van der Waals surface area contributed by atoms with Gasteiger partial charge >= 0.3 is 83.8 Å². The van der Waals surface area contributed by atoms with Gasteiger partial charge in [-0.25, -0.2) is 0 Å². The Bertz CT molecular complexity index is 450. The Morgan fingerprint density at radius 3 is 3.08 bits per heavy atom. The van der Waals surface area contributed by atoms with Gasteiger partial charge in [-0.05, 0) is 0 Å². The maximum absolute atomic E-state index is 2.29. The van der Waals surface area contributed by atoms with Gasteiger partial charge in [0, 0.05) is 0 Å². The molecule has 0 N–H and O–H groups in total. The molecule has 61 valence electrons. The van der Waals surface area contributed by atoms with Gasteiger partial charge in [-0.2, -0.15) is 0 Å². The van der Waals surface area contributed by atoms with E-state index in [0.29, 0.717) is 0 Å². The summed E-state index contributed by atoms with van der Waals surface area (Å²) in [5.41, 5.74) is 3.03. The molecule has 1 aromatic carbocycles. The third-order valence-corrected chi connectivity index (χ3v) is 5.66. The zero-order chi connectivity index (χ0) is 8.67. The van der Waals surface area contributed by atoms with E-state index in [-0.39, 0.29) is 15.0 Å². The second kappa shape index (κ2) is 2.81. The number of hydrogen-bond donors (Lipinski definition) is 0. The van der Waals surface area contributed by atoms with E-state index in [1.54, 1.807) is 8.75 Å². The normalized spacial score (nSPS) is 17.5. The molecule has 0 nitrogen and oxygen atoms in total. The SMILES string of the molecule is C1=CC[C]2=[Ge][c]3ccccc3C2=C1. The summed E-state index contributed by atoms with van der Waals surface area (Å²) in [6, 6.07) is 8.86. The van der Waals surface area contributed by atoms with E-state index >= 15 is 0 Å². The van der Waals surface area contributed by atoms with E-state index in [9.17, 15) is 0 Å². The molecule has 0 fully saturated rings. The minimum atomic E-state index is 0.0219. The van der Waals surface area contributed by atoms with Crippen molar-refractivity contribution in [3.63, 3.8) is 0 Å². The van der Waals surface area contributed by atoms with Gasteiger partial charge in [0.2, 0.25) is 0 Å². The molecule has 0 saturated heterocycles. The number of allylic oxidation sites excluding steroid dienone is 4. The average Bonchev–Trinajstić information content (AvgIpc) is 2.56. The molecular formula is C12H9Ge. The number of hydrogen-bond acceptors (Lipinski definition) is 0. The Morgan fingerprint density at radius 2 is 2.08 bits per heavy atom. The molecule has 1 aliphatic carbocycles. The summed E-state index contributed by atoms with van der Waals surface area (Å²) in [5.74, 6) is 0. The average molecular weight is 226 g/mol. The Kier molecular flexibility index (Phi) is 1.62. The van der Waals surface area contributed by atoms with E-state index < -0.39 is 0 Å². The minimum absolute atomic E-state index is 0.0219. The van der Waals surface area contributed by atoms with Gasteiger partial charge < -0.3 is 0 Å². The molecule has 1 aromatic rings. The van der Waals surface area contributed by atoms with Crippen LogP contribution in [-0.2, 0) is 0 Å². The molecule has 0 spiro atoms. The van der Waals surface area contributed by atoms with Crippen LogP contribution in [0, 0.1) is 0 Å². The summed E-state index contributed by atoms with van der Waals surface area (Å²) in [4.78, 5) is 0. The first-order chi connectivity index (χ1) is 6.45. The van der Waals surface area contributed by atoms with Crippen LogP contribution < -0.4 is 4.40 Å². The van der Waals surface area contributed by atoms with Gasteiger partial charge in [0.25, 0.3) is 0 Å².